The Labute approximate surface area is 170 Å². The van der Waals surface area contributed by atoms with Crippen LogP contribution in [0.15, 0.2) is 18.2 Å². The molecule has 5 nitrogen and oxygen atoms in total. The molecule has 0 saturated carbocycles. The maximum absolute atomic E-state index is 12.9. The van der Waals surface area contributed by atoms with Gasteiger partial charge in [-0.05, 0) is 88.7 Å². The second-order valence-electron chi connectivity index (χ2n) is 8.61. The molecule has 0 bridgehead atoms. The molecule has 1 heterocycles. The summed E-state index contributed by atoms with van der Waals surface area (Å²) < 4.78 is 20.9. The van der Waals surface area contributed by atoms with Crippen LogP contribution in [0.2, 0.25) is 0 Å². The molecule has 3 rings (SSSR count). The summed E-state index contributed by atoms with van der Waals surface area (Å²) in [6.07, 6.45) is 3.07. The number of benzene rings is 1. The first-order chi connectivity index (χ1) is 13.2. The maximum atomic E-state index is 12.9. The Balaban J connectivity index is 1.94. The highest BCUT2D eigenvalue weighted by atomic mass is 32.2. The molecule has 1 saturated heterocycles. The largest absolute Gasteiger partial charge is 0.456 e. The minimum Gasteiger partial charge on any atom is -0.456 e. The Morgan fingerprint density at radius 1 is 1.36 bits per heavy atom. The van der Waals surface area contributed by atoms with Crippen molar-refractivity contribution >= 4 is 17.0 Å². The summed E-state index contributed by atoms with van der Waals surface area (Å²) in [6, 6.07) is 6.14. The standard InChI is InChI=1S/C22H30N2O3S/c1-5-27-19(25)9-7-16-6-8-17-15-22(10-12-23-13-11-22)20(18(17)14-16)24-28(26)21(2,3)4/h6,8,14,20,23-24H,5,10-13,15H2,1-4H3/t20-,28-/m1/s1. The summed E-state index contributed by atoms with van der Waals surface area (Å²) in [7, 11) is -1.16. The van der Waals surface area contributed by atoms with Crippen molar-refractivity contribution in [2.75, 3.05) is 19.7 Å². The highest BCUT2D eigenvalue weighted by Gasteiger charge is 2.47. The molecule has 1 aliphatic carbocycles. The topological polar surface area (TPSA) is 67.4 Å². The van der Waals surface area contributed by atoms with E-state index in [1.807, 2.05) is 26.8 Å². The fraction of sp³-hybridized carbons (Fsp3) is 0.591. The van der Waals surface area contributed by atoms with Crippen molar-refractivity contribution in [1.82, 2.24) is 10.0 Å². The predicted molar refractivity (Wildman–Crippen MR) is 112 cm³/mol. The lowest BCUT2D eigenvalue weighted by atomic mass is 9.73. The van der Waals surface area contributed by atoms with E-state index in [9.17, 15) is 9.00 Å². The zero-order chi connectivity index (χ0) is 20.4. The van der Waals surface area contributed by atoms with Gasteiger partial charge in [-0.15, -0.1) is 0 Å². The highest BCUT2D eigenvalue weighted by Crippen LogP contribution is 2.51. The fourth-order valence-corrected chi connectivity index (χ4v) is 5.01. The van der Waals surface area contributed by atoms with Gasteiger partial charge in [0.15, 0.2) is 0 Å². The average Bonchev–Trinajstić information content (AvgIpc) is 2.92. The molecule has 0 aromatic heterocycles. The number of nitrogens with one attached hydrogen (secondary N) is 2. The summed E-state index contributed by atoms with van der Waals surface area (Å²) in [6.45, 7) is 10.00. The zero-order valence-electron chi connectivity index (χ0n) is 17.2. The van der Waals surface area contributed by atoms with Crippen LogP contribution in [0.25, 0.3) is 0 Å². The third-order valence-corrected chi connectivity index (χ3v) is 7.14. The van der Waals surface area contributed by atoms with Gasteiger partial charge in [0.2, 0.25) is 0 Å². The molecule has 152 valence electrons. The SMILES string of the molecule is CCOC(=O)C#Cc1ccc2c(c1)[C@@H](N[S@](=O)C(C)(C)C)C1(CCNCC1)C2. The van der Waals surface area contributed by atoms with Gasteiger partial charge in [0.25, 0.3) is 0 Å². The van der Waals surface area contributed by atoms with Gasteiger partial charge in [0, 0.05) is 11.5 Å². The Kier molecular flexibility index (Phi) is 6.28. The van der Waals surface area contributed by atoms with E-state index >= 15 is 0 Å². The lowest BCUT2D eigenvalue weighted by Crippen LogP contribution is -2.46. The van der Waals surface area contributed by atoms with E-state index in [1.165, 1.54) is 5.56 Å². The molecule has 2 aliphatic rings. The zero-order valence-corrected chi connectivity index (χ0v) is 18.0. The van der Waals surface area contributed by atoms with Crippen LogP contribution in [0.4, 0.5) is 0 Å². The van der Waals surface area contributed by atoms with Crippen molar-refractivity contribution in [3.05, 3.63) is 34.9 Å². The first-order valence-corrected chi connectivity index (χ1v) is 11.1. The number of piperidine rings is 1. The molecule has 2 atom stereocenters. The molecule has 0 unspecified atom stereocenters. The second-order valence-corrected chi connectivity index (χ2v) is 10.6. The lowest BCUT2D eigenvalue weighted by Gasteiger charge is -2.40. The van der Waals surface area contributed by atoms with Crippen LogP contribution in [0.1, 0.15) is 63.3 Å². The van der Waals surface area contributed by atoms with Crippen molar-refractivity contribution in [2.24, 2.45) is 5.41 Å². The van der Waals surface area contributed by atoms with Crippen molar-refractivity contribution < 1.29 is 13.7 Å². The van der Waals surface area contributed by atoms with Crippen LogP contribution in [0.5, 0.6) is 0 Å². The summed E-state index contributed by atoms with van der Waals surface area (Å²) in [5.74, 6) is 4.94. The quantitative estimate of drug-likeness (QED) is 0.602. The minimum atomic E-state index is -1.16. The van der Waals surface area contributed by atoms with Gasteiger partial charge in [0.05, 0.1) is 28.4 Å². The number of fused-ring (bicyclic) bond motifs is 1. The molecule has 1 aromatic rings. The van der Waals surface area contributed by atoms with Crippen molar-refractivity contribution in [3.8, 4) is 11.8 Å². The van der Waals surface area contributed by atoms with E-state index in [1.54, 1.807) is 6.92 Å². The number of hydrogen-bond acceptors (Lipinski definition) is 4. The molecule has 6 heteroatoms. The van der Waals surface area contributed by atoms with Gasteiger partial charge in [-0.3, -0.25) is 0 Å². The Bertz CT molecular complexity index is 826. The molecule has 2 N–H and O–H groups in total. The normalized spacial score (nSPS) is 21.5. The number of esters is 1. The molecular formula is C22H30N2O3S. The first kappa shape index (κ1) is 21.0. The van der Waals surface area contributed by atoms with E-state index in [4.69, 9.17) is 4.74 Å². The van der Waals surface area contributed by atoms with Crippen molar-refractivity contribution in [3.63, 3.8) is 0 Å². The van der Waals surface area contributed by atoms with Crippen LogP contribution in [-0.2, 0) is 26.9 Å². The van der Waals surface area contributed by atoms with Gasteiger partial charge in [-0.2, -0.15) is 0 Å². The Morgan fingerprint density at radius 2 is 2.07 bits per heavy atom. The molecule has 0 radical (unpaired) electrons. The molecule has 1 fully saturated rings. The molecular weight excluding hydrogens is 372 g/mol. The average molecular weight is 403 g/mol. The lowest BCUT2D eigenvalue weighted by molar-refractivity contribution is -0.136. The van der Waals surface area contributed by atoms with Gasteiger partial charge in [-0.1, -0.05) is 12.0 Å². The molecule has 1 aliphatic heterocycles. The number of carbonyl (C=O) groups is 1. The van der Waals surface area contributed by atoms with Gasteiger partial charge >= 0.3 is 5.97 Å². The molecule has 28 heavy (non-hydrogen) atoms. The first-order valence-electron chi connectivity index (χ1n) is 9.95. The smallest absolute Gasteiger partial charge is 0.384 e. The van der Waals surface area contributed by atoms with E-state index < -0.39 is 17.0 Å². The van der Waals surface area contributed by atoms with E-state index in [-0.39, 0.29) is 16.2 Å². The van der Waals surface area contributed by atoms with Crippen LogP contribution >= 0.6 is 0 Å². The van der Waals surface area contributed by atoms with E-state index in [2.05, 4.69) is 34.0 Å². The third kappa shape index (κ3) is 4.48. The summed E-state index contributed by atoms with van der Waals surface area (Å²) in [4.78, 5) is 11.6. The number of carbonyl (C=O) groups excluding carboxylic acids is 1. The van der Waals surface area contributed by atoms with Crippen LogP contribution in [-0.4, -0.2) is 34.6 Å². The van der Waals surface area contributed by atoms with Crippen molar-refractivity contribution in [2.45, 2.75) is 57.7 Å². The van der Waals surface area contributed by atoms with Crippen molar-refractivity contribution in [1.29, 1.82) is 0 Å². The van der Waals surface area contributed by atoms with E-state index in [0.717, 1.165) is 43.5 Å². The van der Waals surface area contributed by atoms with E-state index in [0.29, 0.717) is 6.61 Å². The monoisotopic (exact) mass is 402 g/mol. The Morgan fingerprint density at radius 3 is 2.71 bits per heavy atom. The Hall–Kier alpha value is -1.68. The highest BCUT2D eigenvalue weighted by molar-refractivity contribution is 7.84. The van der Waals surface area contributed by atoms with Gasteiger partial charge in [-0.25, -0.2) is 13.7 Å². The number of rotatable bonds is 3. The molecule has 0 amide bonds. The van der Waals surface area contributed by atoms with Crippen LogP contribution < -0.4 is 10.0 Å². The number of ether oxygens (including phenoxy) is 1. The van der Waals surface area contributed by atoms with Gasteiger partial charge in [0.1, 0.15) is 0 Å². The van der Waals surface area contributed by atoms with Crippen LogP contribution in [0.3, 0.4) is 0 Å². The van der Waals surface area contributed by atoms with Crippen LogP contribution in [0, 0.1) is 17.3 Å². The summed E-state index contributed by atoms with van der Waals surface area (Å²) in [5, 5.41) is 3.45. The number of hydrogen-bond donors (Lipinski definition) is 2. The maximum Gasteiger partial charge on any atom is 0.384 e. The minimum absolute atomic E-state index is 0.0222. The predicted octanol–water partition coefficient (Wildman–Crippen LogP) is 2.62. The second kappa shape index (κ2) is 8.36. The molecule has 1 aromatic carbocycles. The summed E-state index contributed by atoms with van der Waals surface area (Å²) in [5.41, 5.74) is 3.30. The fourth-order valence-electron chi connectivity index (χ4n) is 4.07. The van der Waals surface area contributed by atoms with Gasteiger partial charge < -0.3 is 10.1 Å². The third-order valence-electron chi connectivity index (χ3n) is 5.58. The summed E-state index contributed by atoms with van der Waals surface area (Å²) >= 11 is 0. The molecule has 1 spiro atoms.